The third kappa shape index (κ3) is 1.52. The van der Waals surface area contributed by atoms with Crippen LogP contribution in [0.5, 0.6) is 0 Å². The molecular weight excluding hydrogens is 249 g/mol. The van der Waals surface area contributed by atoms with E-state index in [1.165, 1.54) is 11.3 Å². The molecular formula is C8H4Cl3NS. The van der Waals surface area contributed by atoms with Crippen LogP contribution in [0.2, 0.25) is 15.1 Å². The molecule has 0 aliphatic rings. The van der Waals surface area contributed by atoms with Gasteiger partial charge in [0, 0.05) is 0 Å². The summed E-state index contributed by atoms with van der Waals surface area (Å²) in [5.74, 6) is 0. The fourth-order valence-corrected chi connectivity index (χ4v) is 2.85. The number of fused-ring (bicyclic) bond motifs is 1. The second-order valence-corrected chi connectivity index (χ2v) is 4.96. The number of hydrogen-bond acceptors (Lipinski definition) is 2. The molecule has 1 heterocycles. The van der Waals surface area contributed by atoms with Gasteiger partial charge in [-0.25, -0.2) is 4.98 Å². The van der Waals surface area contributed by atoms with E-state index in [0.29, 0.717) is 15.1 Å². The molecule has 1 nitrogen and oxygen atoms in total. The van der Waals surface area contributed by atoms with Gasteiger partial charge in [0.25, 0.3) is 0 Å². The van der Waals surface area contributed by atoms with Crippen molar-refractivity contribution >= 4 is 56.4 Å². The van der Waals surface area contributed by atoms with Gasteiger partial charge in [-0.15, -0.1) is 11.3 Å². The Morgan fingerprint density at radius 3 is 2.62 bits per heavy atom. The number of rotatable bonds is 0. The molecule has 0 unspecified atom stereocenters. The molecule has 0 aliphatic heterocycles. The van der Waals surface area contributed by atoms with Gasteiger partial charge < -0.3 is 0 Å². The van der Waals surface area contributed by atoms with E-state index in [0.717, 1.165) is 15.2 Å². The van der Waals surface area contributed by atoms with E-state index in [9.17, 15) is 0 Å². The van der Waals surface area contributed by atoms with E-state index in [2.05, 4.69) is 4.98 Å². The minimum absolute atomic E-state index is 0.475. The van der Waals surface area contributed by atoms with E-state index in [1.807, 2.05) is 6.92 Å². The summed E-state index contributed by atoms with van der Waals surface area (Å²) in [4.78, 5) is 4.26. The van der Waals surface area contributed by atoms with Gasteiger partial charge in [-0.1, -0.05) is 34.8 Å². The molecule has 1 aromatic heterocycles. The Morgan fingerprint density at radius 2 is 1.92 bits per heavy atom. The van der Waals surface area contributed by atoms with Crippen LogP contribution in [-0.2, 0) is 0 Å². The van der Waals surface area contributed by atoms with Crippen molar-refractivity contribution in [1.82, 2.24) is 4.98 Å². The highest BCUT2D eigenvalue weighted by atomic mass is 35.5. The predicted molar refractivity (Wildman–Crippen MR) is 59.4 cm³/mol. The Morgan fingerprint density at radius 1 is 1.23 bits per heavy atom. The number of aryl methyl sites for hydroxylation is 1. The molecule has 2 rings (SSSR count). The van der Waals surface area contributed by atoms with Crippen LogP contribution in [0.3, 0.4) is 0 Å². The molecule has 13 heavy (non-hydrogen) atoms. The smallest absolute Gasteiger partial charge is 0.102 e. The summed E-state index contributed by atoms with van der Waals surface area (Å²) in [6, 6.07) is 1.62. The lowest BCUT2D eigenvalue weighted by Crippen LogP contribution is -1.74. The quantitative estimate of drug-likeness (QED) is 0.626. The molecule has 0 aliphatic carbocycles. The molecule has 1 aromatic carbocycles. The van der Waals surface area contributed by atoms with Crippen LogP contribution in [0, 0.1) is 6.92 Å². The molecule has 0 saturated carbocycles. The zero-order valence-electron chi connectivity index (χ0n) is 6.57. The van der Waals surface area contributed by atoms with Crippen molar-refractivity contribution < 1.29 is 0 Å². The highest BCUT2D eigenvalue weighted by Crippen LogP contribution is 2.38. The lowest BCUT2D eigenvalue weighted by Gasteiger charge is -1.97. The highest BCUT2D eigenvalue weighted by molar-refractivity contribution is 7.19. The molecule has 0 N–H and O–H groups in total. The van der Waals surface area contributed by atoms with Gasteiger partial charge in [0.1, 0.15) is 5.52 Å². The lowest BCUT2D eigenvalue weighted by molar-refractivity contribution is 1.35. The standard InChI is InChI=1S/C8H4Cl3NS/c1-3-12-7-5(10)2-4(9)6(11)8(7)13-3/h2H,1H3. The summed E-state index contributed by atoms with van der Waals surface area (Å²) in [6.45, 7) is 1.91. The molecule has 0 amide bonds. The molecule has 0 spiro atoms. The van der Waals surface area contributed by atoms with E-state index in [4.69, 9.17) is 34.8 Å². The fraction of sp³-hybridized carbons (Fsp3) is 0.125. The van der Waals surface area contributed by atoms with Crippen LogP contribution in [0.4, 0.5) is 0 Å². The van der Waals surface area contributed by atoms with Crippen LogP contribution < -0.4 is 0 Å². The third-order valence-corrected chi connectivity index (χ3v) is 3.80. The second kappa shape index (κ2) is 3.28. The number of hydrogen-bond donors (Lipinski definition) is 0. The number of nitrogens with zero attached hydrogens (tertiary/aromatic N) is 1. The average Bonchev–Trinajstić information content (AvgIpc) is 2.44. The Bertz CT molecular complexity index is 478. The summed E-state index contributed by atoms with van der Waals surface area (Å²) < 4.78 is 0.858. The van der Waals surface area contributed by atoms with Crippen molar-refractivity contribution in [2.75, 3.05) is 0 Å². The number of benzene rings is 1. The molecule has 68 valence electrons. The third-order valence-electron chi connectivity index (χ3n) is 1.62. The minimum atomic E-state index is 0.475. The number of aromatic nitrogens is 1. The topological polar surface area (TPSA) is 12.9 Å². The maximum absolute atomic E-state index is 5.99. The van der Waals surface area contributed by atoms with E-state index >= 15 is 0 Å². The van der Waals surface area contributed by atoms with Gasteiger partial charge >= 0.3 is 0 Å². The van der Waals surface area contributed by atoms with Crippen molar-refractivity contribution in [3.8, 4) is 0 Å². The summed E-state index contributed by atoms with van der Waals surface area (Å²) in [5, 5.41) is 2.49. The fourth-order valence-electron chi connectivity index (χ4n) is 1.09. The van der Waals surface area contributed by atoms with Gasteiger partial charge in [-0.05, 0) is 13.0 Å². The first-order chi connectivity index (χ1) is 6.09. The number of thiazole rings is 1. The lowest BCUT2D eigenvalue weighted by atomic mass is 10.3. The van der Waals surface area contributed by atoms with Crippen LogP contribution in [0.1, 0.15) is 5.01 Å². The maximum Gasteiger partial charge on any atom is 0.102 e. The van der Waals surface area contributed by atoms with Crippen LogP contribution in [0.25, 0.3) is 10.2 Å². The Labute approximate surface area is 94.2 Å². The molecule has 0 bridgehead atoms. The van der Waals surface area contributed by atoms with Crippen LogP contribution in [-0.4, -0.2) is 4.98 Å². The Hall–Kier alpha value is -0.0200. The van der Waals surface area contributed by atoms with Crippen molar-refractivity contribution in [3.05, 3.63) is 26.1 Å². The summed E-state index contributed by atoms with van der Waals surface area (Å²) in [7, 11) is 0. The van der Waals surface area contributed by atoms with Crippen LogP contribution >= 0.6 is 46.1 Å². The van der Waals surface area contributed by atoms with Gasteiger partial charge in [-0.3, -0.25) is 0 Å². The molecule has 2 aromatic rings. The van der Waals surface area contributed by atoms with E-state index < -0.39 is 0 Å². The van der Waals surface area contributed by atoms with Crippen molar-refractivity contribution in [2.45, 2.75) is 6.92 Å². The van der Waals surface area contributed by atoms with Crippen LogP contribution in [0.15, 0.2) is 6.07 Å². The monoisotopic (exact) mass is 251 g/mol. The van der Waals surface area contributed by atoms with E-state index in [1.54, 1.807) is 6.07 Å². The normalized spacial score (nSPS) is 11.1. The van der Waals surface area contributed by atoms with Crippen molar-refractivity contribution in [3.63, 3.8) is 0 Å². The molecule has 0 atom stereocenters. The number of halogens is 3. The summed E-state index contributed by atoms with van der Waals surface area (Å²) in [5.41, 5.74) is 0.735. The second-order valence-electron chi connectivity index (χ2n) is 2.56. The van der Waals surface area contributed by atoms with Gasteiger partial charge in [0.15, 0.2) is 0 Å². The van der Waals surface area contributed by atoms with Gasteiger partial charge in [0.05, 0.1) is 24.8 Å². The Balaban J connectivity index is 2.95. The first kappa shape index (κ1) is 9.53. The zero-order chi connectivity index (χ0) is 9.59. The van der Waals surface area contributed by atoms with Crippen molar-refractivity contribution in [1.29, 1.82) is 0 Å². The summed E-state index contributed by atoms with van der Waals surface area (Å²) in [6.07, 6.45) is 0. The zero-order valence-corrected chi connectivity index (χ0v) is 9.65. The first-order valence-electron chi connectivity index (χ1n) is 3.50. The molecule has 0 radical (unpaired) electrons. The van der Waals surface area contributed by atoms with Gasteiger partial charge in [-0.2, -0.15) is 0 Å². The summed E-state index contributed by atoms with van der Waals surface area (Å²) >= 11 is 19.3. The molecule has 0 saturated heterocycles. The van der Waals surface area contributed by atoms with Gasteiger partial charge in [0.2, 0.25) is 0 Å². The maximum atomic E-state index is 5.99. The minimum Gasteiger partial charge on any atom is -0.240 e. The average molecular weight is 253 g/mol. The highest BCUT2D eigenvalue weighted by Gasteiger charge is 2.11. The van der Waals surface area contributed by atoms with Crippen molar-refractivity contribution in [2.24, 2.45) is 0 Å². The Kier molecular flexibility index (Phi) is 2.41. The molecule has 5 heteroatoms. The predicted octanol–water partition coefficient (Wildman–Crippen LogP) is 4.56. The molecule has 0 fully saturated rings. The first-order valence-corrected chi connectivity index (χ1v) is 5.45. The van der Waals surface area contributed by atoms with E-state index in [-0.39, 0.29) is 0 Å². The SMILES string of the molecule is Cc1nc2c(Cl)cc(Cl)c(Cl)c2s1. The largest absolute Gasteiger partial charge is 0.240 e.